The highest BCUT2D eigenvalue weighted by Crippen LogP contribution is 2.40. The van der Waals surface area contributed by atoms with Crippen molar-refractivity contribution >= 4 is 23.1 Å². The van der Waals surface area contributed by atoms with E-state index in [1.165, 1.54) is 0 Å². The minimum absolute atomic E-state index is 0.0684. The molecule has 3 aromatic rings. The number of fused-ring (bicyclic) bond motifs is 1. The van der Waals surface area contributed by atoms with Gasteiger partial charge in [0.05, 0.1) is 37.1 Å². The second-order valence-electron chi connectivity index (χ2n) is 10.0. The summed E-state index contributed by atoms with van der Waals surface area (Å²) in [6, 6.07) is 12.3. The Hall–Kier alpha value is -3.69. The molecule has 0 spiro atoms. The third-order valence-corrected chi connectivity index (χ3v) is 7.42. The SMILES string of the molecule is CCCCCOc1cccc(C2/C(=C(\O)c3c(C)nc4ccccn34)C(=O)C(=O)N2CCN2CCOCC2)c1. The van der Waals surface area contributed by atoms with Crippen LogP contribution in [0.25, 0.3) is 11.4 Å². The van der Waals surface area contributed by atoms with Gasteiger partial charge >= 0.3 is 0 Å². The van der Waals surface area contributed by atoms with Crippen molar-refractivity contribution in [3.05, 3.63) is 71.2 Å². The molecule has 0 radical (unpaired) electrons. The Bertz CT molecular complexity index is 1370. The normalized spacial score (nSPS) is 19.7. The number of rotatable bonds is 10. The van der Waals surface area contributed by atoms with Crippen LogP contribution < -0.4 is 4.74 Å². The minimum atomic E-state index is -0.751. The van der Waals surface area contributed by atoms with Gasteiger partial charge in [-0.25, -0.2) is 4.98 Å². The zero-order valence-electron chi connectivity index (χ0n) is 22.6. The first-order chi connectivity index (χ1) is 19.0. The lowest BCUT2D eigenvalue weighted by atomic mass is 9.96. The first-order valence-corrected chi connectivity index (χ1v) is 13.7. The summed E-state index contributed by atoms with van der Waals surface area (Å²) in [7, 11) is 0. The number of amides is 1. The predicted molar refractivity (Wildman–Crippen MR) is 148 cm³/mol. The number of aryl methyl sites for hydroxylation is 1. The van der Waals surface area contributed by atoms with E-state index in [-0.39, 0.29) is 11.3 Å². The summed E-state index contributed by atoms with van der Waals surface area (Å²) < 4.78 is 13.2. The van der Waals surface area contributed by atoms with Crippen LogP contribution in [0.2, 0.25) is 0 Å². The molecule has 2 saturated heterocycles. The zero-order chi connectivity index (χ0) is 27.4. The largest absolute Gasteiger partial charge is 0.505 e. The summed E-state index contributed by atoms with van der Waals surface area (Å²) in [6.45, 7) is 8.32. The van der Waals surface area contributed by atoms with Crippen molar-refractivity contribution < 1.29 is 24.2 Å². The van der Waals surface area contributed by atoms with Gasteiger partial charge in [0.2, 0.25) is 0 Å². The topological polar surface area (TPSA) is 96.6 Å². The third kappa shape index (κ3) is 5.55. The van der Waals surface area contributed by atoms with Crippen molar-refractivity contribution in [2.75, 3.05) is 46.0 Å². The summed E-state index contributed by atoms with van der Waals surface area (Å²) in [4.78, 5) is 35.4. The van der Waals surface area contributed by atoms with Gasteiger partial charge in [0.1, 0.15) is 17.1 Å². The lowest BCUT2D eigenvalue weighted by Gasteiger charge is -2.31. The van der Waals surface area contributed by atoms with Gasteiger partial charge < -0.3 is 19.5 Å². The molecule has 1 unspecified atom stereocenters. The number of Topliss-reactive ketones (excluding diaryl/α,β-unsaturated/α-hetero) is 1. The van der Waals surface area contributed by atoms with Gasteiger partial charge in [-0.2, -0.15) is 0 Å². The molecule has 4 heterocycles. The van der Waals surface area contributed by atoms with E-state index in [0.717, 1.165) is 37.9 Å². The smallest absolute Gasteiger partial charge is 0.295 e. The van der Waals surface area contributed by atoms with Crippen LogP contribution in [-0.2, 0) is 14.3 Å². The van der Waals surface area contributed by atoms with E-state index < -0.39 is 17.7 Å². The zero-order valence-corrected chi connectivity index (χ0v) is 22.6. The summed E-state index contributed by atoms with van der Waals surface area (Å²) in [5, 5.41) is 11.7. The maximum absolute atomic E-state index is 13.6. The molecular weight excluding hydrogens is 496 g/mol. The molecule has 206 valence electrons. The molecule has 2 fully saturated rings. The van der Waals surface area contributed by atoms with Crippen molar-refractivity contribution in [1.29, 1.82) is 0 Å². The number of ether oxygens (including phenoxy) is 2. The Balaban J connectivity index is 1.55. The van der Waals surface area contributed by atoms with Gasteiger partial charge in [0.25, 0.3) is 11.7 Å². The standard InChI is InChI=1S/C30H36N4O5/c1-3-4-7-17-39-23-10-8-9-22(20-23)27-25(28(35)26-21(2)31-24-11-5-6-12-33(24)26)29(36)30(37)34(27)14-13-32-15-18-38-19-16-32/h5-6,8-12,20,27,35H,3-4,7,13-19H2,1-2H3/b28-25+. The Morgan fingerprint density at radius 2 is 1.92 bits per heavy atom. The molecule has 1 N–H and O–H groups in total. The van der Waals surface area contributed by atoms with Gasteiger partial charge in [0.15, 0.2) is 5.76 Å². The first kappa shape index (κ1) is 26.9. The van der Waals surface area contributed by atoms with E-state index in [1.807, 2.05) is 42.5 Å². The Morgan fingerprint density at radius 1 is 1.10 bits per heavy atom. The van der Waals surface area contributed by atoms with Crippen LogP contribution in [-0.4, -0.2) is 82.0 Å². The van der Waals surface area contributed by atoms with Crippen LogP contribution in [0.15, 0.2) is 54.2 Å². The number of likely N-dealkylation sites (tertiary alicyclic amines) is 1. The highest BCUT2D eigenvalue weighted by Gasteiger charge is 2.46. The van der Waals surface area contributed by atoms with Crippen LogP contribution in [0.5, 0.6) is 5.75 Å². The minimum Gasteiger partial charge on any atom is -0.505 e. The van der Waals surface area contributed by atoms with Crippen LogP contribution in [0.4, 0.5) is 0 Å². The number of aliphatic hydroxyl groups excluding tert-OH is 1. The molecule has 2 aliphatic rings. The molecule has 1 amide bonds. The van der Waals surface area contributed by atoms with Crippen molar-refractivity contribution in [2.24, 2.45) is 0 Å². The maximum Gasteiger partial charge on any atom is 0.295 e. The van der Waals surface area contributed by atoms with E-state index in [1.54, 1.807) is 22.4 Å². The number of unbranched alkanes of at least 4 members (excludes halogenated alkanes) is 2. The summed E-state index contributed by atoms with van der Waals surface area (Å²) in [5.41, 5.74) is 2.42. The lowest BCUT2D eigenvalue weighted by molar-refractivity contribution is -0.140. The van der Waals surface area contributed by atoms with Crippen LogP contribution in [0.1, 0.15) is 49.2 Å². The Morgan fingerprint density at radius 3 is 2.72 bits per heavy atom. The second-order valence-corrected chi connectivity index (χ2v) is 10.0. The van der Waals surface area contributed by atoms with Crippen molar-refractivity contribution in [3.63, 3.8) is 0 Å². The molecule has 0 saturated carbocycles. The monoisotopic (exact) mass is 532 g/mol. The number of pyridine rings is 1. The number of nitrogens with zero attached hydrogens (tertiary/aromatic N) is 4. The molecule has 9 heteroatoms. The van der Waals surface area contributed by atoms with E-state index in [4.69, 9.17) is 9.47 Å². The van der Waals surface area contributed by atoms with Gasteiger partial charge in [-0.05, 0) is 43.2 Å². The molecule has 2 aliphatic heterocycles. The predicted octanol–water partition coefficient (Wildman–Crippen LogP) is 3.97. The third-order valence-electron chi connectivity index (χ3n) is 7.42. The van der Waals surface area contributed by atoms with Crippen molar-refractivity contribution in [2.45, 2.75) is 39.2 Å². The van der Waals surface area contributed by atoms with Crippen LogP contribution in [0.3, 0.4) is 0 Å². The van der Waals surface area contributed by atoms with Crippen molar-refractivity contribution in [3.8, 4) is 5.75 Å². The van der Waals surface area contributed by atoms with Crippen LogP contribution >= 0.6 is 0 Å². The molecule has 1 aromatic carbocycles. The number of carbonyl (C=O) groups excluding carboxylic acids is 2. The molecular formula is C30H36N4O5. The Kier molecular flexibility index (Phi) is 8.28. The number of hydrogen-bond acceptors (Lipinski definition) is 7. The fraction of sp³-hybridized carbons (Fsp3) is 0.433. The number of morpholine rings is 1. The highest BCUT2D eigenvalue weighted by atomic mass is 16.5. The number of imidazole rings is 1. The molecule has 0 bridgehead atoms. The number of benzene rings is 1. The fourth-order valence-corrected chi connectivity index (χ4v) is 5.37. The average molecular weight is 533 g/mol. The summed E-state index contributed by atoms with van der Waals surface area (Å²) >= 11 is 0. The van der Waals surface area contributed by atoms with E-state index in [9.17, 15) is 14.7 Å². The van der Waals surface area contributed by atoms with Gasteiger partial charge in [-0.1, -0.05) is 38.0 Å². The van der Waals surface area contributed by atoms with Crippen molar-refractivity contribution in [1.82, 2.24) is 19.2 Å². The molecule has 5 rings (SSSR count). The fourth-order valence-electron chi connectivity index (χ4n) is 5.37. The van der Waals surface area contributed by atoms with Gasteiger partial charge in [0, 0.05) is 32.4 Å². The molecule has 1 atom stereocenters. The average Bonchev–Trinajstić information content (AvgIpc) is 3.42. The first-order valence-electron chi connectivity index (χ1n) is 13.7. The van der Waals surface area contributed by atoms with E-state index >= 15 is 0 Å². The molecule has 0 aliphatic carbocycles. The quantitative estimate of drug-likeness (QED) is 0.183. The van der Waals surface area contributed by atoms with Crippen LogP contribution in [0, 0.1) is 6.92 Å². The van der Waals surface area contributed by atoms with Gasteiger partial charge in [-0.3, -0.25) is 18.9 Å². The summed E-state index contributed by atoms with van der Waals surface area (Å²) in [5.74, 6) is -0.861. The number of ketones is 1. The van der Waals surface area contributed by atoms with Gasteiger partial charge in [-0.15, -0.1) is 0 Å². The van der Waals surface area contributed by atoms with E-state index in [0.29, 0.717) is 55.7 Å². The Labute approximate surface area is 228 Å². The number of aromatic nitrogens is 2. The lowest BCUT2D eigenvalue weighted by Crippen LogP contribution is -2.42. The summed E-state index contributed by atoms with van der Waals surface area (Å²) in [6.07, 6.45) is 4.93. The number of carbonyl (C=O) groups is 2. The number of hydrogen-bond donors (Lipinski definition) is 1. The maximum atomic E-state index is 13.6. The second kappa shape index (κ2) is 12.0. The molecule has 39 heavy (non-hydrogen) atoms. The number of aliphatic hydroxyl groups is 1. The van der Waals surface area contributed by atoms with E-state index in [2.05, 4.69) is 16.8 Å². The molecule has 2 aromatic heterocycles. The molecule has 9 nitrogen and oxygen atoms in total. The highest BCUT2D eigenvalue weighted by molar-refractivity contribution is 6.46.